The monoisotopic (exact) mass is 253 g/mol. The van der Waals surface area contributed by atoms with Crippen LogP contribution >= 0.6 is 15.9 Å². The van der Waals surface area contributed by atoms with Crippen LogP contribution in [-0.2, 0) is 0 Å². The van der Waals surface area contributed by atoms with E-state index in [1.807, 2.05) is 18.2 Å². The predicted octanol–water partition coefficient (Wildman–Crippen LogP) is 2.34. The van der Waals surface area contributed by atoms with Gasteiger partial charge in [-0.2, -0.15) is 0 Å². The summed E-state index contributed by atoms with van der Waals surface area (Å²) in [5.41, 5.74) is 6.52. The molecule has 0 atom stereocenters. The first-order valence-electron chi connectivity index (χ1n) is 4.13. The van der Waals surface area contributed by atoms with E-state index in [4.69, 9.17) is 10.2 Å². The molecule has 0 unspecified atom stereocenters. The summed E-state index contributed by atoms with van der Waals surface area (Å²) in [7, 11) is 0. The van der Waals surface area contributed by atoms with Crippen molar-refractivity contribution in [3.8, 4) is 0 Å². The van der Waals surface area contributed by atoms with Crippen LogP contribution in [0.15, 0.2) is 33.4 Å². The third kappa shape index (κ3) is 1.36. The molecule has 0 fully saturated rings. The highest BCUT2D eigenvalue weighted by Gasteiger charge is 2.13. The van der Waals surface area contributed by atoms with Gasteiger partial charge in [-0.15, -0.1) is 0 Å². The van der Waals surface area contributed by atoms with Crippen molar-refractivity contribution in [1.29, 1.82) is 0 Å². The Hall–Kier alpha value is -1.13. The van der Waals surface area contributed by atoms with E-state index in [2.05, 4.69) is 15.9 Å². The van der Waals surface area contributed by atoms with Crippen molar-refractivity contribution < 1.29 is 9.21 Å². The van der Waals surface area contributed by atoms with Crippen LogP contribution in [0, 0.1) is 0 Å². The quantitative estimate of drug-likeness (QED) is 0.837. The van der Waals surface area contributed by atoms with E-state index >= 15 is 0 Å². The second-order valence-electron chi connectivity index (χ2n) is 2.89. The fourth-order valence-electron chi connectivity index (χ4n) is 1.35. The number of Topliss-reactive ketones (excluding diaryl/α,β-unsaturated/α-hetero) is 1. The van der Waals surface area contributed by atoms with Gasteiger partial charge in [-0.3, -0.25) is 4.79 Å². The normalized spacial score (nSPS) is 10.7. The molecule has 0 bridgehead atoms. The highest BCUT2D eigenvalue weighted by Crippen LogP contribution is 2.27. The topological polar surface area (TPSA) is 56.2 Å². The van der Waals surface area contributed by atoms with Crippen LogP contribution in [0.4, 0.5) is 0 Å². The molecular formula is C10H8BrNO2. The third-order valence-corrected chi connectivity index (χ3v) is 2.66. The SMILES string of the molecule is NCC(=O)c1coc2c(Br)cccc12. The van der Waals surface area contributed by atoms with Gasteiger partial charge in [0.05, 0.1) is 16.6 Å². The number of carbonyl (C=O) groups excluding carboxylic acids is 1. The third-order valence-electron chi connectivity index (χ3n) is 2.04. The van der Waals surface area contributed by atoms with E-state index in [-0.39, 0.29) is 12.3 Å². The summed E-state index contributed by atoms with van der Waals surface area (Å²) < 4.78 is 6.12. The van der Waals surface area contributed by atoms with Crippen molar-refractivity contribution in [2.45, 2.75) is 0 Å². The lowest BCUT2D eigenvalue weighted by molar-refractivity contribution is 0.100. The Kier molecular flexibility index (Phi) is 2.39. The molecule has 2 N–H and O–H groups in total. The van der Waals surface area contributed by atoms with E-state index < -0.39 is 0 Å². The number of hydrogen-bond acceptors (Lipinski definition) is 3. The molecule has 0 saturated carbocycles. The molecule has 1 heterocycles. The Morgan fingerprint density at radius 3 is 3.00 bits per heavy atom. The number of fused-ring (bicyclic) bond motifs is 1. The summed E-state index contributed by atoms with van der Waals surface area (Å²) in [6.45, 7) is 0.00114. The summed E-state index contributed by atoms with van der Waals surface area (Å²) in [6.07, 6.45) is 1.45. The van der Waals surface area contributed by atoms with Crippen molar-refractivity contribution in [3.63, 3.8) is 0 Å². The second kappa shape index (κ2) is 3.55. The Morgan fingerprint density at radius 2 is 2.29 bits per heavy atom. The molecular weight excluding hydrogens is 246 g/mol. The van der Waals surface area contributed by atoms with Crippen molar-refractivity contribution in [2.24, 2.45) is 5.73 Å². The zero-order chi connectivity index (χ0) is 10.1. The highest BCUT2D eigenvalue weighted by atomic mass is 79.9. The molecule has 2 aromatic rings. The van der Waals surface area contributed by atoms with Gasteiger partial charge in [-0.05, 0) is 22.0 Å². The van der Waals surface area contributed by atoms with Gasteiger partial charge in [-0.1, -0.05) is 12.1 Å². The van der Waals surface area contributed by atoms with Crippen molar-refractivity contribution in [3.05, 3.63) is 34.5 Å². The average Bonchev–Trinajstić information content (AvgIpc) is 2.62. The first-order chi connectivity index (χ1) is 6.74. The van der Waals surface area contributed by atoms with Crippen LogP contribution < -0.4 is 5.73 Å². The van der Waals surface area contributed by atoms with Gasteiger partial charge in [-0.25, -0.2) is 0 Å². The number of benzene rings is 1. The van der Waals surface area contributed by atoms with E-state index in [9.17, 15) is 4.79 Å². The van der Waals surface area contributed by atoms with Crippen LogP contribution in [0.1, 0.15) is 10.4 Å². The minimum absolute atomic E-state index is 0.00114. The number of para-hydroxylation sites is 1. The van der Waals surface area contributed by atoms with Crippen molar-refractivity contribution >= 4 is 32.7 Å². The minimum atomic E-state index is -0.109. The molecule has 0 saturated heterocycles. The molecule has 0 spiro atoms. The molecule has 2 rings (SSSR count). The van der Waals surface area contributed by atoms with Gasteiger partial charge < -0.3 is 10.2 Å². The smallest absolute Gasteiger partial charge is 0.180 e. The Balaban J connectivity index is 2.70. The van der Waals surface area contributed by atoms with Crippen LogP contribution in [-0.4, -0.2) is 12.3 Å². The lowest BCUT2D eigenvalue weighted by atomic mass is 10.1. The van der Waals surface area contributed by atoms with Crippen LogP contribution in [0.25, 0.3) is 11.0 Å². The zero-order valence-corrected chi connectivity index (χ0v) is 8.87. The summed E-state index contributed by atoms with van der Waals surface area (Å²) in [4.78, 5) is 11.4. The highest BCUT2D eigenvalue weighted by molar-refractivity contribution is 9.10. The molecule has 0 aliphatic heterocycles. The van der Waals surface area contributed by atoms with E-state index in [0.29, 0.717) is 11.1 Å². The van der Waals surface area contributed by atoms with E-state index in [0.717, 1.165) is 9.86 Å². The Labute approximate surface area is 89.0 Å². The van der Waals surface area contributed by atoms with E-state index in [1.165, 1.54) is 6.26 Å². The molecule has 14 heavy (non-hydrogen) atoms. The van der Waals surface area contributed by atoms with Gasteiger partial charge in [0.15, 0.2) is 5.78 Å². The summed E-state index contributed by atoms with van der Waals surface area (Å²) >= 11 is 3.34. The maximum atomic E-state index is 11.4. The van der Waals surface area contributed by atoms with Gasteiger partial charge in [0.2, 0.25) is 0 Å². The first-order valence-corrected chi connectivity index (χ1v) is 4.92. The molecule has 72 valence electrons. The predicted molar refractivity (Wildman–Crippen MR) is 57.3 cm³/mol. The minimum Gasteiger partial charge on any atom is -0.462 e. The number of hydrogen-bond donors (Lipinski definition) is 1. The fourth-order valence-corrected chi connectivity index (χ4v) is 1.81. The first kappa shape index (κ1) is 9.43. The maximum absolute atomic E-state index is 11.4. The largest absolute Gasteiger partial charge is 0.462 e. The molecule has 3 nitrogen and oxygen atoms in total. The van der Waals surface area contributed by atoms with Gasteiger partial charge in [0.1, 0.15) is 11.8 Å². The van der Waals surface area contributed by atoms with Crippen molar-refractivity contribution in [1.82, 2.24) is 0 Å². The molecule has 0 radical (unpaired) electrons. The number of rotatable bonds is 2. The van der Waals surface area contributed by atoms with E-state index in [1.54, 1.807) is 0 Å². The second-order valence-corrected chi connectivity index (χ2v) is 3.75. The molecule has 4 heteroatoms. The van der Waals surface area contributed by atoms with Gasteiger partial charge in [0, 0.05) is 5.39 Å². The van der Waals surface area contributed by atoms with Gasteiger partial charge in [0.25, 0.3) is 0 Å². The van der Waals surface area contributed by atoms with Crippen LogP contribution in [0.5, 0.6) is 0 Å². The summed E-state index contributed by atoms with van der Waals surface area (Å²) in [5, 5.41) is 0.801. The zero-order valence-electron chi connectivity index (χ0n) is 7.29. The standard InChI is InChI=1S/C10H8BrNO2/c11-8-3-1-2-6-7(9(13)4-12)5-14-10(6)8/h1-3,5H,4,12H2. The summed E-state index contributed by atoms with van der Waals surface area (Å²) in [6, 6.07) is 5.56. The lowest BCUT2D eigenvalue weighted by Gasteiger charge is -1.94. The Morgan fingerprint density at radius 1 is 1.50 bits per heavy atom. The van der Waals surface area contributed by atoms with Crippen molar-refractivity contribution in [2.75, 3.05) is 6.54 Å². The number of nitrogens with two attached hydrogens (primary N) is 1. The number of carbonyl (C=O) groups is 1. The number of halogens is 1. The van der Waals surface area contributed by atoms with Crippen LogP contribution in [0.2, 0.25) is 0 Å². The fraction of sp³-hybridized carbons (Fsp3) is 0.100. The number of furan rings is 1. The van der Waals surface area contributed by atoms with Gasteiger partial charge >= 0.3 is 0 Å². The molecule has 1 aromatic heterocycles. The van der Waals surface area contributed by atoms with Crippen LogP contribution in [0.3, 0.4) is 0 Å². The molecule has 0 aliphatic rings. The average molecular weight is 254 g/mol. The maximum Gasteiger partial charge on any atom is 0.180 e. The molecule has 0 amide bonds. The molecule has 1 aromatic carbocycles. The lowest BCUT2D eigenvalue weighted by Crippen LogP contribution is -2.12. The number of ketones is 1. The molecule has 0 aliphatic carbocycles. The summed E-state index contributed by atoms with van der Waals surface area (Å²) in [5.74, 6) is -0.109. The Bertz CT molecular complexity index is 490.